The van der Waals surface area contributed by atoms with Crippen LogP contribution in [0.3, 0.4) is 0 Å². The van der Waals surface area contributed by atoms with Crippen molar-refractivity contribution in [2.75, 3.05) is 24.1 Å². The molecule has 0 aliphatic carbocycles. The Hall–Kier alpha value is -2.40. The highest BCUT2D eigenvalue weighted by Gasteiger charge is 2.29. The van der Waals surface area contributed by atoms with Crippen molar-refractivity contribution in [3.63, 3.8) is 0 Å². The molecule has 132 valence electrons. The first-order valence-electron chi connectivity index (χ1n) is 8.67. The maximum atomic E-state index is 13.7. The molecule has 1 fully saturated rings. The zero-order chi connectivity index (χ0) is 17.8. The first-order chi connectivity index (χ1) is 12.0. The average Bonchev–Trinajstić information content (AvgIpc) is 2.98. The van der Waals surface area contributed by atoms with E-state index in [4.69, 9.17) is 5.73 Å². The molecule has 1 saturated heterocycles. The lowest BCUT2D eigenvalue weighted by atomic mass is 9.97. The number of nitrogens with zero attached hydrogens (tertiary/aromatic N) is 1. The molecular weight excluding hydrogens is 317 g/mol. The topological polar surface area (TPSA) is 58.4 Å². The molecule has 2 aromatic rings. The lowest BCUT2D eigenvalue weighted by Crippen LogP contribution is -2.30. The Morgan fingerprint density at radius 1 is 1.28 bits per heavy atom. The van der Waals surface area contributed by atoms with Gasteiger partial charge in [0.2, 0.25) is 5.91 Å². The fourth-order valence-corrected chi connectivity index (χ4v) is 3.47. The van der Waals surface area contributed by atoms with Gasteiger partial charge in [-0.3, -0.25) is 9.69 Å². The Balaban J connectivity index is 1.53. The minimum Gasteiger partial charge on any atom is -0.399 e. The normalized spacial score (nSPS) is 20.6. The molecule has 1 heterocycles. The Morgan fingerprint density at radius 2 is 2.04 bits per heavy atom. The van der Waals surface area contributed by atoms with E-state index in [0.29, 0.717) is 30.6 Å². The van der Waals surface area contributed by atoms with E-state index in [2.05, 4.69) is 41.4 Å². The number of nitrogens with two attached hydrogens (primary N) is 1. The molecule has 5 heteroatoms. The molecule has 4 nitrogen and oxygen atoms in total. The SMILES string of the molecule is CC1CC(c2ccccc2)CN1CCC(=O)Nc1cc(N)ccc1F. The van der Waals surface area contributed by atoms with E-state index < -0.39 is 5.82 Å². The Labute approximate surface area is 147 Å². The van der Waals surface area contributed by atoms with Crippen LogP contribution in [0.15, 0.2) is 48.5 Å². The van der Waals surface area contributed by atoms with Gasteiger partial charge >= 0.3 is 0 Å². The number of nitrogens with one attached hydrogen (secondary N) is 1. The second-order valence-electron chi connectivity index (χ2n) is 6.72. The zero-order valence-electron chi connectivity index (χ0n) is 14.4. The van der Waals surface area contributed by atoms with Gasteiger partial charge in [-0.25, -0.2) is 4.39 Å². The van der Waals surface area contributed by atoms with Gasteiger partial charge in [0.15, 0.2) is 0 Å². The molecule has 2 unspecified atom stereocenters. The molecule has 25 heavy (non-hydrogen) atoms. The van der Waals surface area contributed by atoms with Crippen LogP contribution >= 0.6 is 0 Å². The smallest absolute Gasteiger partial charge is 0.225 e. The van der Waals surface area contributed by atoms with Gasteiger partial charge in [0, 0.05) is 31.2 Å². The van der Waals surface area contributed by atoms with Crippen LogP contribution in [-0.4, -0.2) is 29.9 Å². The van der Waals surface area contributed by atoms with Crippen molar-refractivity contribution in [1.29, 1.82) is 0 Å². The van der Waals surface area contributed by atoms with Gasteiger partial charge in [0.25, 0.3) is 0 Å². The molecule has 3 rings (SSSR count). The molecule has 2 atom stereocenters. The van der Waals surface area contributed by atoms with Crippen molar-refractivity contribution in [3.8, 4) is 0 Å². The van der Waals surface area contributed by atoms with Crippen LogP contribution in [0.5, 0.6) is 0 Å². The van der Waals surface area contributed by atoms with Crippen molar-refractivity contribution in [1.82, 2.24) is 4.90 Å². The van der Waals surface area contributed by atoms with E-state index >= 15 is 0 Å². The number of benzene rings is 2. The van der Waals surface area contributed by atoms with Crippen molar-refractivity contribution in [3.05, 3.63) is 59.9 Å². The Bertz CT molecular complexity index is 735. The van der Waals surface area contributed by atoms with Gasteiger partial charge in [0.05, 0.1) is 5.69 Å². The Kier molecular flexibility index (Phi) is 5.34. The summed E-state index contributed by atoms with van der Waals surface area (Å²) in [6, 6.07) is 15.1. The summed E-state index contributed by atoms with van der Waals surface area (Å²) in [5.41, 5.74) is 7.56. The highest BCUT2D eigenvalue weighted by Crippen LogP contribution is 2.31. The van der Waals surface area contributed by atoms with Gasteiger partial charge in [-0.1, -0.05) is 30.3 Å². The van der Waals surface area contributed by atoms with E-state index in [9.17, 15) is 9.18 Å². The third-order valence-electron chi connectivity index (χ3n) is 4.87. The first-order valence-corrected chi connectivity index (χ1v) is 8.67. The number of nitrogen functional groups attached to an aromatic ring is 1. The maximum Gasteiger partial charge on any atom is 0.225 e. The second-order valence-corrected chi connectivity index (χ2v) is 6.72. The summed E-state index contributed by atoms with van der Waals surface area (Å²) in [5, 5.41) is 2.61. The number of anilines is 2. The number of amides is 1. The summed E-state index contributed by atoms with van der Waals surface area (Å²) in [7, 11) is 0. The molecule has 0 radical (unpaired) electrons. The fourth-order valence-electron chi connectivity index (χ4n) is 3.47. The number of carbonyl (C=O) groups is 1. The minimum absolute atomic E-state index is 0.140. The quantitative estimate of drug-likeness (QED) is 0.817. The number of hydrogen-bond acceptors (Lipinski definition) is 3. The summed E-state index contributed by atoms with van der Waals surface area (Å²) in [4.78, 5) is 14.5. The zero-order valence-corrected chi connectivity index (χ0v) is 14.4. The lowest BCUT2D eigenvalue weighted by Gasteiger charge is -2.20. The molecule has 1 amide bonds. The summed E-state index contributed by atoms with van der Waals surface area (Å²) < 4.78 is 13.7. The van der Waals surface area contributed by atoms with Gasteiger partial charge in [-0.05, 0) is 43.0 Å². The third kappa shape index (κ3) is 4.37. The number of rotatable bonds is 5. The largest absolute Gasteiger partial charge is 0.399 e. The monoisotopic (exact) mass is 341 g/mol. The molecule has 1 aliphatic rings. The highest BCUT2D eigenvalue weighted by atomic mass is 19.1. The predicted molar refractivity (Wildman–Crippen MR) is 98.9 cm³/mol. The van der Waals surface area contributed by atoms with Gasteiger partial charge in [-0.15, -0.1) is 0 Å². The van der Waals surface area contributed by atoms with E-state index in [1.165, 1.54) is 23.8 Å². The molecule has 2 aromatic carbocycles. The number of hydrogen-bond donors (Lipinski definition) is 2. The summed E-state index contributed by atoms with van der Waals surface area (Å²) in [6.07, 6.45) is 1.43. The lowest BCUT2D eigenvalue weighted by molar-refractivity contribution is -0.116. The fraction of sp³-hybridized carbons (Fsp3) is 0.350. The van der Waals surface area contributed by atoms with Crippen LogP contribution in [-0.2, 0) is 4.79 Å². The van der Waals surface area contributed by atoms with Crippen LogP contribution in [0.2, 0.25) is 0 Å². The molecule has 0 saturated carbocycles. The summed E-state index contributed by atoms with van der Waals surface area (Å²) in [6.45, 7) is 3.81. The molecular formula is C20H24FN3O. The number of halogens is 1. The van der Waals surface area contributed by atoms with Gasteiger partial charge in [-0.2, -0.15) is 0 Å². The molecule has 1 aliphatic heterocycles. The molecule has 0 aromatic heterocycles. The summed E-state index contributed by atoms with van der Waals surface area (Å²) in [5.74, 6) is -0.160. The van der Waals surface area contributed by atoms with Crippen molar-refractivity contribution in [2.45, 2.75) is 31.7 Å². The minimum atomic E-state index is -0.471. The third-order valence-corrected chi connectivity index (χ3v) is 4.87. The Morgan fingerprint density at radius 3 is 2.80 bits per heavy atom. The van der Waals surface area contributed by atoms with E-state index in [1.54, 1.807) is 0 Å². The van der Waals surface area contributed by atoms with Crippen molar-refractivity contribution in [2.24, 2.45) is 0 Å². The van der Waals surface area contributed by atoms with Crippen LogP contribution < -0.4 is 11.1 Å². The van der Waals surface area contributed by atoms with E-state index in [-0.39, 0.29) is 11.6 Å². The predicted octanol–water partition coefficient (Wildman–Crippen LogP) is 3.61. The van der Waals surface area contributed by atoms with Crippen molar-refractivity contribution < 1.29 is 9.18 Å². The van der Waals surface area contributed by atoms with Crippen LogP contribution in [0.4, 0.5) is 15.8 Å². The first kappa shape index (κ1) is 17.4. The average molecular weight is 341 g/mol. The number of likely N-dealkylation sites (tertiary alicyclic amines) is 1. The van der Waals surface area contributed by atoms with Crippen LogP contribution in [0.1, 0.15) is 31.2 Å². The molecule has 3 N–H and O–H groups in total. The highest BCUT2D eigenvalue weighted by molar-refractivity contribution is 5.91. The summed E-state index contributed by atoms with van der Waals surface area (Å²) >= 11 is 0. The van der Waals surface area contributed by atoms with E-state index in [1.807, 2.05) is 6.07 Å². The van der Waals surface area contributed by atoms with Crippen molar-refractivity contribution >= 4 is 17.3 Å². The van der Waals surface area contributed by atoms with Crippen LogP contribution in [0.25, 0.3) is 0 Å². The van der Waals surface area contributed by atoms with E-state index in [0.717, 1.165) is 13.0 Å². The second kappa shape index (κ2) is 7.66. The molecule has 0 spiro atoms. The van der Waals surface area contributed by atoms with Gasteiger partial charge < -0.3 is 11.1 Å². The van der Waals surface area contributed by atoms with Gasteiger partial charge in [0.1, 0.15) is 5.82 Å². The maximum absolute atomic E-state index is 13.7. The number of carbonyl (C=O) groups excluding carboxylic acids is 1. The molecule has 0 bridgehead atoms. The van der Waals surface area contributed by atoms with Crippen LogP contribution in [0, 0.1) is 5.82 Å². The standard InChI is InChI=1S/C20H24FN3O/c1-14-11-16(15-5-3-2-4-6-15)13-24(14)10-9-20(25)23-19-12-17(22)7-8-18(19)21/h2-8,12,14,16H,9-11,13,22H2,1H3,(H,23,25).